The lowest BCUT2D eigenvalue weighted by molar-refractivity contribution is 0.112. The number of carbonyl (C=O) groups is 1. The number of aliphatic hydroxyl groups excluding tert-OH is 1. The van der Waals surface area contributed by atoms with E-state index in [4.69, 9.17) is 5.11 Å². The summed E-state index contributed by atoms with van der Waals surface area (Å²) in [7, 11) is 1.00. The third-order valence-corrected chi connectivity index (χ3v) is 1.52. The molecule has 12 heavy (non-hydrogen) atoms. The van der Waals surface area contributed by atoms with E-state index in [1.165, 1.54) is 5.56 Å². The summed E-state index contributed by atoms with van der Waals surface area (Å²) in [5.41, 5.74) is 2.02. The van der Waals surface area contributed by atoms with Crippen molar-refractivity contribution in [3.8, 4) is 0 Å². The molecule has 0 spiro atoms. The first kappa shape index (κ1) is 10.8. The molecular weight excluding hydrogens is 152 g/mol. The molecule has 0 fully saturated rings. The van der Waals surface area contributed by atoms with Gasteiger partial charge in [-0.2, -0.15) is 0 Å². The van der Waals surface area contributed by atoms with Crippen molar-refractivity contribution in [2.45, 2.75) is 13.3 Å². The van der Waals surface area contributed by atoms with Gasteiger partial charge in [-0.3, -0.25) is 4.79 Å². The van der Waals surface area contributed by atoms with Gasteiger partial charge in [-0.25, -0.2) is 0 Å². The zero-order valence-corrected chi connectivity index (χ0v) is 7.45. The molecule has 0 atom stereocenters. The Morgan fingerprint density at radius 2 is 1.75 bits per heavy atom. The van der Waals surface area contributed by atoms with Gasteiger partial charge in [0.15, 0.2) is 0 Å². The van der Waals surface area contributed by atoms with Gasteiger partial charge in [0.05, 0.1) is 0 Å². The molecule has 66 valence electrons. The van der Waals surface area contributed by atoms with Gasteiger partial charge in [-0.05, 0) is 12.0 Å². The van der Waals surface area contributed by atoms with Crippen LogP contribution in [0.5, 0.6) is 0 Å². The number of hydrogen-bond donors (Lipinski definition) is 1. The highest BCUT2D eigenvalue weighted by molar-refractivity contribution is 5.74. The molecule has 0 aliphatic carbocycles. The molecule has 0 saturated heterocycles. The number of aldehydes is 1. The monoisotopic (exact) mass is 166 g/mol. The summed E-state index contributed by atoms with van der Waals surface area (Å²) in [6.07, 6.45) is 1.89. The zero-order valence-electron chi connectivity index (χ0n) is 7.45. The van der Waals surface area contributed by atoms with E-state index in [1.807, 2.05) is 24.3 Å². The fraction of sp³-hybridized carbons (Fsp3) is 0.300. The number of carbonyl (C=O) groups excluding carboxylic acids is 1. The van der Waals surface area contributed by atoms with Crippen LogP contribution >= 0.6 is 0 Å². The average Bonchev–Trinajstić information content (AvgIpc) is 2.21. The first-order valence-corrected chi connectivity index (χ1v) is 3.85. The molecule has 1 rings (SSSR count). The van der Waals surface area contributed by atoms with E-state index in [1.54, 1.807) is 0 Å². The van der Waals surface area contributed by atoms with Crippen molar-refractivity contribution in [2.75, 3.05) is 7.11 Å². The van der Waals surface area contributed by atoms with E-state index < -0.39 is 0 Å². The molecule has 0 aromatic heterocycles. The van der Waals surface area contributed by atoms with Crippen molar-refractivity contribution in [1.29, 1.82) is 0 Å². The Labute approximate surface area is 72.9 Å². The van der Waals surface area contributed by atoms with Crippen LogP contribution in [-0.2, 0) is 6.42 Å². The minimum Gasteiger partial charge on any atom is -0.400 e. The van der Waals surface area contributed by atoms with Crippen LogP contribution < -0.4 is 0 Å². The zero-order chi connectivity index (χ0) is 9.40. The van der Waals surface area contributed by atoms with Crippen LogP contribution in [0.3, 0.4) is 0 Å². The Bertz CT molecular complexity index is 214. The molecule has 0 radical (unpaired) electrons. The molecule has 0 unspecified atom stereocenters. The summed E-state index contributed by atoms with van der Waals surface area (Å²) >= 11 is 0. The van der Waals surface area contributed by atoms with Gasteiger partial charge in [-0.1, -0.05) is 31.2 Å². The van der Waals surface area contributed by atoms with Gasteiger partial charge in [0.2, 0.25) is 0 Å². The first-order chi connectivity index (χ1) is 5.86. The standard InChI is InChI=1S/C9H10O.CH4O/c1-2-8-3-5-9(7-10)6-4-8;1-2/h3-7H,2H2,1H3;2H,1H3. The summed E-state index contributed by atoms with van der Waals surface area (Å²) < 4.78 is 0. The lowest BCUT2D eigenvalue weighted by Crippen LogP contribution is -1.81. The van der Waals surface area contributed by atoms with Crippen LogP contribution in [0.4, 0.5) is 0 Å². The van der Waals surface area contributed by atoms with Crippen molar-refractivity contribution in [3.63, 3.8) is 0 Å². The topological polar surface area (TPSA) is 37.3 Å². The summed E-state index contributed by atoms with van der Waals surface area (Å²) in [6, 6.07) is 7.63. The van der Waals surface area contributed by atoms with Gasteiger partial charge in [-0.15, -0.1) is 0 Å². The second kappa shape index (κ2) is 6.55. The molecule has 2 heteroatoms. The molecule has 0 aliphatic rings. The minimum absolute atomic E-state index is 0.747. The van der Waals surface area contributed by atoms with Crippen molar-refractivity contribution < 1.29 is 9.90 Å². The van der Waals surface area contributed by atoms with Gasteiger partial charge in [0, 0.05) is 12.7 Å². The molecule has 0 bridgehead atoms. The molecule has 1 aromatic rings. The molecule has 0 heterocycles. The predicted octanol–water partition coefficient (Wildman–Crippen LogP) is 1.67. The molecule has 0 saturated carbocycles. The number of hydrogen-bond acceptors (Lipinski definition) is 2. The van der Waals surface area contributed by atoms with E-state index >= 15 is 0 Å². The van der Waals surface area contributed by atoms with E-state index in [-0.39, 0.29) is 0 Å². The lowest BCUT2D eigenvalue weighted by atomic mass is 10.1. The van der Waals surface area contributed by atoms with Crippen LogP contribution in [0.1, 0.15) is 22.8 Å². The molecule has 0 aliphatic heterocycles. The second-order valence-electron chi connectivity index (χ2n) is 2.21. The predicted molar refractivity (Wildman–Crippen MR) is 49.4 cm³/mol. The Kier molecular flexibility index (Phi) is 5.93. The van der Waals surface area contributed by atoms with Crippen LogP contribution in [0.25, 0.3) is 0 Å². The minimum atomic E-state index is 0.747. The molecule has 1 N–H and O–H groups in total. The molecular formula is C10H14O2. The van der Waals surface area contributed by atoms with Gasteiger partial charge < -0.3 is 5.11 Å². The maximum Gasteiger partial charge on any atom is 0.150 e. The Morgan fingerprint density at radius 3 is 2.08 bits per heavy atom. The Balaban J connectivity index is 0.000000561. The maximum absolute atomic E-state index is 10.2. The SMILES string of the molecule is CCc1ccc(C=O)cc1.CO. The van der Waals surface area contributed by atoms with Crippen molar-refractivity contribution in [3.05, 3.63) is 35.4 Å². The molecule has 0 amide bonds. The highest BCUT2D eigenvalue weighted by Gasteiger charge is 1.88. The van der Waals surface area contributed by atoms with Crippen LogP contribution in [-0.4, -0.2) is 18.5 Å². The number of benzene rings is 1. The van der Waals surface area contributed by atoms with Gasteiger partial charge in [0.25, 0.3) is 0 Å². The van der Waals surface area contributed by atoms with Crippen LogP contribution in [0.15, 0.2) is 24.3 Å². The van der Waals surface area contributed by atoms with Crippen LogP contribution in [0, 0.1) is 0 Å². The van der Waals surface area contributed by atoms with E-state index in [2.05, 4.69) is 6.92 Å². The highest BCUT2D eigenvalue weighted by Crippen LogP contribution is 2.01. The second-order valence-corrected chi connectivity index (χ2v) is 2.21. The third kappa shape index (κ3) is 3.30. The Hall–Kier alpha value is -1.15. The van der Waals surface area contributed by atoms with E-state index in [9.17, 15) is 4.79 Å². The molecule has 2 nitrogen and oxygen atoms in total. The van der Waals surface area contributed by atoms with Crippen LogP contribution in [0.2, 0.25) is 0 Å². The first-order valence-electron chi connectivity index (χ1n) is 3.85. The van der Waals surface area contributed by atoms with E-state index in [0.29, 0.717) is 0 Å². The van der Waals surface area contributed by atoms with Gasteiger partial charge in [0.1, 0.15) is 6.29 Å². The summed E-state index contributed by atoms with van der Waals surface area (Å²) in [6.45, 7) is 2.09. The number of rotatable bonds is 2. The highest BCUT2D eigenvalue weighted by atomic mass is 16.2. The van der Waals surface area contributed by atoms with Crippen molar-refractivity contribution in [2.24, 2.45) is 0 Å². The summed E-state index contributed by atoms with van der Waals surface area (Å²) in [4.78, 5) is 10.2. The van der Waals surface area contributed by atoms with Crippen molar-refractivity contribution in [1.82, 2.24) is 0 Å². The fourth-order valence-electron chi connectivity index (χ4n) is 0.832. The van der Waals surface area contributed by atoms with Crippen molar-refractivity contribution >= 4 is 6.29 Å². The quantitative estimate of drug-likeness (QED) is 0.678. The number of aliphatic hydroxyl groups is 1. The summed E-state index contributed by atoms with van der Waals surface area (Å²) in [5, 5.41) is 7.00. The normalized spacial score (nSPS) is 8.25. The fourth-order valence-corrected chi connectivity index (χ4v) is 0.832. The number of aryl methyl sites for hydroxylation is 1. The maximum atomic E-state index is 10.2. The third-order valence-electron chi connectivity index (χ3n) is 1.52. The smallest absolute Gasteiger partial charge is 0.150 e. The lowest BCUT2D eigenvalue weighted by Gasteiger charge is -1.93. The summed E-state index contributed by atoms with van der Waals surface area (Å²) in [5.74, 6) is 0. The largest absolute Gasteiger partial charge is 0.400 e. The average molecular weight is 166 g/mol. The Morgan fingerprint density at radius 1 is 1.25 bits per heavy atom. The van der Waals surface area contributed by atoms with Gasteiger partial charge >= 0.3 is 0 Å². The van der Waals surface area contributed by atoms with E-state index in [0.717, 1.165) is 25.4 Å². The molecule has 1 aromatic carbocycles.